The molecule has 34 heavy (non-hydrogen) atoms. The monoisotopic (exact) mass is 497 g/mol. The van der Waals surface area contributed by atoms with E-state index in [2.05, 4.69) is 22.4 Å². The van der Waals surface area contributed by atoms with Crippen molar-refractivity contribution in [1.82, 2.24) is 19.7 Å². The van der Waals surface area contributed by atoms with Crippen LogP contribution in [0.25, 0.3) is 0 Å². The molecule has 2 amide bonds. The van der Waals surface area contributed by atoms with Crippen molar-refractivity contribution in [3.05, 3.63) is 70.0 Å². The van der Waals surface area contributed by atoms with Gasteiger partial charge < -0.3 is 14.8 Å². The van der Waals surface area contributed by atoms with Crippen molar-refractivity contribution in [3.8, 4) is 0 Å². The summed E-state index contributed by atoms with van der Waals surface area (Å²) in [6.07, 6.45) is 2.54. The summed E-state index contributed by atoms with van der Waals surface area (Å²) < 4.78 is 1.88. The first kappa shape index (κ1) is 24.3. The Balaban J connectivity index is 1.44. The van der Waals surface area contributed by atoms with Gasteiger partial charge in [0.2, 0.25) is 5.91 Å². The minimum Gasteiger partial charge on any atom is -0.328 e. The van der Waals surface area contributed by atoms with Crippen LogP contribution in [0.3, 0.4) is 0 Å². The van der Waals surface area contributed by atoms with E-state index in [0.29, 0.717) is 28.1 Å². The lowest BCUT2D eigenvalue weighted by atomic mass is 10.1. The van der Waals surface area contributed by atoms with Gasteiger partial charge in [0.15, 0.2) is 11.0 Å². The van der Waals surface area contributed by atoms with Crippen molar-refractivity contribution in [2.75, 3.05) is 17.6 Å². The molecule has 4 rings (SSSR count). The number of likely N-dealkylation sites (tertiary alicyclic amines) is 1. The highest BCUT2D eigenvalue weighted by molar-refractivity contribution is 7.99. The van der Waals surface area contributed by atoms with Gasteiger partial charge in [-0.1, -0.05) is 60.6 Å². The van der Waals surface area contributed by atoms with Crippen molar-refractivity contribution in [1.29, 1.82) is 0 Å². The second-order valence-electron chi connectivity index (χ2n) is 8.34. The third kappa shape index (κ3) is 4.98. The average Bonchev–Trinajstić information content (AvgIpc) is 3.45. The van der Waals surface area contributed by atoms with E-state index in [9.17, 15) is 9.59 Å². The van der Waals surface area contributed by atoms with Gasteiger partial charge in [-0.25, -0.2) is 0 Å². The van der Waals surface area contributed by atoms with Gasteiger partial charge in [-0.15, -0.1) is 10.2 Å². The van der Waals surface area contributed by atoms with E-state index < -0.39 is 0 Å². The Kier molecular flexibility index (Phi) is 7.58. The fourth-order valence-electron chi connectivity index (χ4n) is 4.32. The second-order valence-corrected chi connectivity index (χ2v) is 9.69. The Bertz CT molecular complexity index is 1210. The third-order valence-electron chi connectivity index (χ3n) is 6.12. The molecule has 1 aliphatic rings. The van der Waals surface area contributed by atoms with Gasteiger partial charge in [-0.2, -0.15) is 0 Å². The molecule has 0 aliphatic carbocycles. The molecular weight excluding hydrogens is 470 g/mol. The van der Waals surface area contributed by atoms with Gasteiger partial charge in [-0.3, -0.25) is 9.59 Å². The van der Waals surface area contributed by atoms with E-state index in [0.717, 1.165) is 36.1 Å². The van der Waals surface area contributed by atoms with Crippen molar-refractivity contribution in [2.24, 2.45) is 7.05 Å². The predicted molar refractivity (Wildman–Crippen MR) is 135 cm³/mol. The summed E-state index contributed by atoms with van der Waals surface area (Å²) in [6, 6.07) is 12.9. The molecule has 0 saturated carbocycles. The Morgan fingerprint density at radius 2 is 1.97 bits per heavy atom. The zero-order valence-electron chi connectivity index (χ0n) is 19.5. The molecule has 0 bridgehead atoms. The quantitative estimate of drug-likeness (QED) is 0.462. The number of anilines is 1. The summed E-state index contributed by atoms with van der Waals surface area (Å²) in [5.41, 5.74) is 3.54. The van der Waals surface area contributed by atoms with E-state index >= 15 is 0 Å². The molecule has 2 aromatic carbocycles. The number of aryl methyl sites for hydroxylation is 2. The summed E-state index contributed by atoms with van der Waals surface area (Å²) in [7, 11) is 1.88. The Morgan fingerprint density at radius 3 is 2.74 bits per heavy atom. The van der Waals surface area contributed by atoms with E-state index in [1.165, 1.54) is 11.8 Å². The number of amides is 2. The summed E-state index contributed by atoms with van der Waals surface area (Å²) in [5, 5.41) is 12.8. The highest BCUT2D eigenvalue weighted by Crippen LogP contribution is 2.34. The van der Waals surface area contributed by atoms with Crippen LogP contribution in [0.4, 0.5) is 5.69 Å². The number of carbonyl (C=O) groups excluding carboxylic acids is 2. The Hall–Kier alpha value is -2.84. The lowest BCUT2D eigenvalue weighted by molar-refractivity contribution is -0.113. The van der Waals surface area contributed by atoms with Crippen LogP contribution >= 0.6 is 23.4 Å². The summed E-state index contributed by atoms with van der Waals surface area (Å²) in [5.74, 6) is 0.744. The molecule has 3 aromatic rings. The minimum absolute atomic E-state index is 0.0880. The van der Waals surface area contributed by atoms with Crippen LogP contribution in [0.2, 0.25) is 5.02 Å². The van der Waals surface area contributed by atoms with E-state index in [1.807, 2.05) is 53.8 Å². The highest BCUT2D eigenvalue weighted by atomic mass is 35.5. The number of aromatic nitrogens is 3. The molecule has 1 atom stereocenters. The number of carbonyl (C=O) groups is 2. The van der Waals surface area contributed by atoms with Crippen LogP contribution in [0.15, 0.2) is 47.6 Å². The number of hydrogen-bond donors (Lipinski definition) is 1. The number of para-hydroxylation sites is 1. The number of nitrogens with zero attached hydrogens (tertiary/aromatic N) is 4. The number of halogens is 1. The highest BCUT2D eigenvalue weighted by Gasteiger charge is 2.34. The standard InChI is InChI=1S/C25H28ClN5O2S/c1-4-17-10-7-9-16(2)22(17)27-21(32)15-34-25-29-28-23(30(25)3)20-13-8-14-31(20)24(33)18-11-5-6-12-19(18)26/h5-7,9-12,20H,4,8,13-15H2,1-3H3,(H,27,32). The lowest BCUT2D eigenvalue weighted by Gasteiger charge is -2.24. The number of benzene rings is 2. The fraction of sp³-hybridized carbons (Fsp3) is 0.360. The van der Waals surface area contributed by atoms with Crippen molar-refractivity contribution < 1.29 is 9.59 Å². The first-order valence-corrected chi connectivity index (χ1v) is 12.7. The summed E-state index contributed by atoms with van der Waals surface area (Å²) in [6.45, 7) is 4.71. The van der Waals surface area contributed by atoms with Crippen LogP contribution < -0.4 is 5.32 Å². The molecule has 1 fully saturated rings. The SMILES string of the molecule is CCc1cccc(C)c1NC(=O)CSc1nnc(C2CCCN2C(=O)c2ccccc2Cl)n1C. The van der Waals surface area contributed by atoms with Gasteiger partial charge in [0.05, 0.1) is 22.4 Å². The summed E-state index contributed by atoms with van der Waals surface area (Å²) >= 11 is 7.60. The first-order chi connectivity index (χ1) is 16.4. The molecule has 1 N–H and O–H groups in total. The zero-order valence-corrected chi connectivity index (χ0v) is 21.1. The maximum atomic E-state index is 13.2. The lowest BCUT2D eigenvalue weighted by Crippen LogP contribution is -2.32. The number of rotatable bonds is 7. The van der Waals surface area contributed by atoms with Gasteiger partial charge in [0.25, 0.3) is 5.91 Å². The minimum atomic E-state index is -0.177. The van der Waals surface area contributed by atoms with Crippen LogP contribution in [-0.4, -0.2) is 43.8 Å². The van der Waals surface area contributed by atoms with Crippen LogP contribution in [0.5, 0.6) is 0 Å². The number of thioether (sulfide) groups is 1. The molecule has 0 radical (unpaired) electrons. The maximum absolute atomic E-state index is 13.2. The Morgan fingerprint density at radius 1 is 1.18 bits per heavy atom. The number of nitrogens with one attached hydrogen (secondary N) is 1. The molecule has 9 heteroatoms. The van der Waals surface area contributed by atoms with Crippen LogP contribution in [0, 0.1) is 6.92 Å². The zero-order chi connectivity index (χ0) is 24.2. The first-order valence-electron chi connectivity index (χ1n) is 11.4. The van der Waals surface area contributed by atoms with E-state index in [4.69, 9.17) is 11.6 Å². The molecular formula is C25H28ClN5O2S. The van der Waals surface area contributed by atoms with Crippen molar-refractivity contribution >= 4 is 40.9 Å². The topological polar surface area (TPSA) is 80.1 Å². The second kappa shape index (κ2) is 10.6. The van der Waals surface area contributed by atoms with E-state index in [1.54, 1.807) is 12.1 Å². The maximum Gasteiger partial charge on any atom is 0.255 e. The van der Waals surface area contributed by atoms with Crippen molar-refractivity contribution in [2.45, 2.75) is 44.3 Å². The van der Waals surface area contributed by atoms with Gasteiger partial charge >= 0.3 is 0 Å². The average molecular weight is 498 g/mol. The number of hydrogen-bond acceptors (Lipinski definition) is 5. The molecule has 1 aliphatic heterocycles. The predicted octanol–water partition coefficient (Wildman–Crippen LogP) is 5.05. The normalized spacial score (nSPS) is 15.5. The fourth-order valence-corrected chi connectivity index (χ4v) is 5.25. The Labute approximate surface area is 208 Å². The third-order valence-corrected chi connectivity index (χ3v) is 7.47. The van der Waals surface area contributed by atoms with Crippen LogP contribution in [0.1, 0.15) is 53.1 Å². The van der Waals surface area contributed by atoms with Gasteiger partial charge in [0.1, 0.15) is 0 Å². The van der Waals surface area contributed by atoms with Gasteiger partial charge in [0, 0.05) is 19.3 Å². The smallest absolute Gasteiger partial charge is 0.255 e. The molecule has 1 aromatic heterocycles. The molecule has 1 saturated heterocycles. The molecule has 7 nitrogen and oxygen atoms in total. The van der Waals surface area contributed by atoms with E-state index in [-0.39, 0.29) is 23.6 Å². The largest absolute Gasteiger partial charge is 0.328 e. The van der Waals surface area contributed by atoms with Crippen LogP contribution in [-0.2, 0) is 18.3 Å². The van der Waals surface area contributed by atoms with Gasteiger partial charge in [-0.05, 0) is 49.4 Å². The summed E-state index contributed by atoms with van der Waals surface area (Å²) in [4.78, 5) is 27.6. The molecule has 178 valence electrons. The van der Waals surface area contributed by atoms with Crippen molar-refractivity contribution in [3.63, 3.8) is 0 Å². The molecule has 2 heterocycles. The molecule has 1 unspecified atom stereocenters. The molecule has 0 spiro atoms.